The number of benzene rings is 2. The SMILES string of the molecule is COc1ccc(C(=O)N[C@@H]2CCCC[C@H]2NC(=O)C2CCCN(C(=O)c3ccc([N+](=O)[O-])cc3)C2)cc1. The second-order valence-electron chi connectivity index (χ2n) is 9.60. The van der Waals surface area contributed by atoms with Crippen LogP contribution in [0, 0.1) is 16.0 Å². The summed E-state index contributed by atoms with van der Waals surface area (Å²) in [4.78, 5) is 51.0. The number of nitro groups is 1. The highest BCUT2D eigenvalue weighted by Gasteiger charge is 2.33. The van der Waals surface area contributed by atoms with Crippen LogP contribution >= 0.6 is 0 Å². The van der Waals surface area contributed by atoms with Crippen molar-refractivity contribution in [3.63, 3.8) is 0 Å². The molecule has 0 radical (unpaired) electrons. The van der Waals surface area contributed by atoms with E-state index in [4.69, 9.17) is 4.74 Å². The van der Waals surface area contributed by atoms with E-state index in [0.29, 0.717) is 36.3 Å². The fraction of sp³-hybridized carbons (Fsp3) is 0.444. The summed E-state index contributed by atoms with van der Waals surface area (Å²) in [6, 6.07) is 12.1. The molecule has 4 rings (SSSR count). The first-order valence-electron chi connectivity index (χ1n) is 12.6. The Morgan fingerprint density at radius 3 is 2.14 bits per heavy atom. The monoisotopic (exact) mass is 508 g/mol. The number of piperidine rings is 1. The van der Waals surface area contributed by atoms with E-state index >= 15 is 0 Å². The van der Waals surface area contributed by atoms with E-state index in [2.05, 4.69) is 10.6 Å². The Kier molecular flexibility index (Phi) is 8.37. The van der Waals surface area contributed by atoms with Gasteiger partial charge < -0.3 is 20.3 Å². The molecule has 1 unspecified atom stereocenters. The summed E-state index contributed by atoms with van der Waals surface area (Å²) >= 11 is 0. The minimum atomic E-state index is -0.506. The van der Waals surface area contributed by atoms with Crippen molar-refractivity contribution in [1.29, 1.82) is 0 Å². The summed E-state index contributed by atoms with van der Waals surface area (Å²) in [6.45, 7) is 0.820. The number of non-ortho nitro benzene ring substituents is 1. The van der Waals surface area contributed by atoms with Crippen LogP contribution < -0.4 is 15.4 Å². The Morgan fingerprint density at radius 1 is 0.892 bits per heavy atom. The number of hydrogen-bond acceptors (Lipinski definition) is 6. The Bertz CT molecular complexity index is 1130. The minimum Gasteiger partial charge on any atom is -0.497 e. The molecule has 37 heavy (non-hydrogen) atoms. The number of likely N-dealkylation sites (tertiary alicyclic amines) is 1. The number of carbonyl (C=O) groups is 3. The third kappa shape index (κ3) is 6.44. The molecule has 196 valence electrons. The van der Waals surface area contributed by atoms with Crippen LogP contribution in [0.5, 0.6) is 5.75 Å². The lowest BCUT2D eigenvalue weighted by molar-refractivity contribution is -0.384. The number of ether oxygens (including phenoxy) is 1. The van der Waals surface area contributed by atoms with Gasteiger partial charge in [-0.05, 0) is 62.1 Å². The van der Waals surface area contributed by atoms with Crippen molar-refractivity contribution >= 4 is 23.4 Å². The Hall–Kier alpha value is -3.95. The third-order valence-corrected chi connectivity index (χ3v) is 7.17. The summed E-state index contributed by atoms with van der Waals surface area (Å²) in [7, 11) is 1.57. The Balaban J connectivity index is 1.35. The minimum absolute atomic E-state index is 0.0754. The molecule has 1 aliphatic heterocycles. The van der Waals surface area contributed by atoms with E-state index in [1.54, 1.807) is 36.3 Å². The van der Waals surface area contributed by atoms with Gasteiger partial charge in [0.25, 0.3) is 17.5 Å². The summed E-state index contributed by atoms with van der Waals surface area (Å²) in [5.41, 5.74) is 0.818. The molecule has 0 bridgehead atoms. The van der Waals surface area contributed by atoms with Crippen LogP contribution in [-0.4, -0.2) is 59.8 Å². The number of amides is 3. The molecule has 2 aromatic rings. The van der Waals surface area contributed by atoms with E-state index in [9.17, 15) is 24.5 Å². The van der Waals surface area contributed by atoms with Gasteiger partial charge in [0, 0.05) is 48.4 Å². The van der Waals surface area contributed by atoms with Gasteiger partial charge in [-0.15, -0.1) is 0 Å². The number of nitrogens with one attached hydrogen (secondary N) is 2. The quantitative estimate of drug-likeness (QED) is 0.436. The van der Waals surface area contributed by atoms with Crippen molar-refractivity contribution in [2.45, 2.75) is 50.6 Å². The molecule has 10 heteroatoms. The lowest BCUT2D eigenvalue weighted by Gasteiger charge is -2.36. The van der Waals surface area contributed by atoms with Crippen molar-refractivity contribution < 1.29 is 24.0 Å². The van der Waals surface area contributed by atoms with Crippen LogP contribution in [-0.2, 0) is 4.79 Å². The molecule has 1 aliphatic carbocycles. The summed E-state index contributed by atoms with van der Waals surface area (Å²) in [5.74, 6) is -0.221. The molecule has 3 amide bonds. The standard InChI is InChI=1S/C27H32N4O6/c1-37-22-14-10-18(11-15-22)25(32)28-23-6-2-3-7-24(23)29-26(33)20-5-4-16-30(17-20)27(34)19-8-12-21(13-9-19)31(35)36/h8-15,20,23-24H,2-7,16-17H2,1H3,(H,28,32)(H,29,33)/t20?,23-,24-/m1/s1. The maximum absolute atomic E-state index is 13.2. The van der Waals surface area contributed by atoms with Gasteiger partial charge in [0.15, 0.2) is 0 Å². The number of carbonyl (C=O) groups excluding carboxylic acids is 3. The summed E-state index contributed by atoms with van der Waals surface area (Å²) < 4.78 is 5.15. The second-order valence-corrected chi connectivity index (χ2v) is 9.60. The number of hydrogen-bond donors (Lipinski definition) is 2. The summed E-state index contributed by atoms with van der Waals surface area (Å²) in [6.07, 6.45) is 4.86. The molecule has 1 saturated heterocycles. The fourth-order valence-corrected chi connectivity index (χ4v) is 5.05. The molecule has 10 nitrogen and oxygen atoms in total. The van der Waals surface area contributed by atoms with E-state index < -0.39 is 4.92 Å². The molecule has 0 spiro atoms. The van der Waals surface area contributed by atoms with Gasteiger partial charge in [-0.1, -0.05) is 12.8 Å². The van der Waals surface area contributed by atoms with Crippen molar-refractivity contribution in [3.05, 3.63) is 69.8 Å². The third-order valence-electron chi connectivity index (χ3n) is 7.17. The highest BCUT2D eigenvalue weighted by atomic mass is 16.6. The average molecular weight is 509 g/mol. The van der Waals surface area contributed by atoms with E-state index in [1.807, 2.05) is 0 Å². The maximum atomic E-state index is 13.2. The van der Waals surface area contributed by atoms with Crippen molar-refractivity contribution in [2.75, 3.05) is 20.2 Å². The highest BCUT2D eigenvalue weighted by Crippen LogP contribution is 2.23. The number of nitrogens with zero attached hydrogens (tertiary/aromatic N) is 2. The van der Waals surface area contributed by atoms with Crippen LogP contribution in [0.15, 0.2) is 48.5 Å². The predicted octanol–water partition coefficient (Wildman–Crippen LogP) is 3.31. The zero-order valence-corrected chi connectivity index (χ0v) is 20.9. The first kappa shape index (κ1) is 26.1. The van der Waals surface area contributed by atoms with Gasteiger partial charge in [0.05, 0.1) is 18.0 Å². The van der Waals surface area contributed by atoms with Crippen molar-refractivity contribution in [3.8, 4) is 5.75 Å². The molecule has 2 aromatic carbocycles. The number of rotatable bonds is 7. The van der Waals surface area contributed by atoms with Crippen molar-refractivity contribution in [1.82, 2.24) is 15.5 Å². The van der Waals surface area contributed by atoms with E-state index in [1.165, 1.54) is 24.3 Å². The van der Waals surface area contributed by atoms with Crippen LogP contribution in [0.25, 0.3) is 0 Å². The lowest BCUT2D eigenvalue weighted by Crippen LogP contribution is -2.55. The first-order valence-corrected chi connectivity index (χ1v) is 12.6. The molecule has 2 aliphatic rings. The van der Waals surface area contributed by atoms with E-state index in [0.717, 1.165) is 25.7 Å². The zero-order valence-electron chi connectivity index (χ0n) is 20.9. The molecule has 1 heterocycles. The van der Waals surface area contributed by atoms with Crippen LogP contribution in [0.4, 0.5) is 5.69 Å². The van der Waals surface area contributed by atoms with Crippen LogP contribution in [0.1, 0.15) is 59.2 Å². The Morgan fingerprint density at radius 2 is 1.51 bits per heavy atom. The average Bonchev–Trinajstić information content (AvgIpc) is 2.93. The Labute approximate surface area is 215 Å². The summed E-state index contributed by atoms with van der Waals surface area (Å²) in [5, 5.41) is 17.1. The molecule has 0 aromatic heterocycles. The van der Waals surface area contributed by atoms with Gasteiger partial charge in [0.2, 0.25) is 5.91 Å². The fourth-order valence-electron chi connectivity index (χ4n) is 5.05. The molecule has 2 N–H and O–H groups in total. The van der Waals surface area contributed by atoms with Crippen LogP contribution in [0.2, 0.25) is 0 Å². The molecule has 1 saturated carbocycles. The molecular formula is C27H32N4O6. The van der Waals surface area contributed by atoms with Crippen molar-refractivity contribution in [2.24, 2.45) is 5.92 Å². The number of methoxy groups -OCH3 is 1. The second kappa shape index (κ2) is 11.9. The molecule has 3 atom stereocenters. The normalized spacial score (nSPS) is 21.5. The first-order chi connectivity index (χ1) is 17.9. The molecule has 2 fully saturated rings. The molecular weight excluding hydrogens is 476 g/mol. The highest BCUT2D eigenvalue weighted by molar-refractivity contribution is 5.95. The smallest absolute Gasteiger partial charge is 0.269 e. The van der Waals surface area contributed by atoms with Crippen LogP contribution in [0.3, 0.4) is 0 Å². The topological polar surface area (TPSA) is 131 Å². The predicted molar refractivity (Wildman–Crippen MR) is 136 cm³/mol. The van der Waals surface area contributed by atoms with Gasteiger partial charge in [-0.2, -0.15) is 0 Å². The largest absolute Gasteiger partial charge is 0.497 e. The van der Waals surface area contributed by atoms with E-state index in [-0.39, 0.29) is 48.0 Å². The zero-order chi connectivity index (χ0) is 26.4. The maximum Gasteiger partial charge on any atom is 0.269 e. The van der Waals surface area contributed by atoms with Gasteiger partial charge in [-0.3, -0.25) is 24.5 Å². The van der Waals surface area contributed by atoms with Gasteiger partial charge in [-0.25, -0.2) is 0 Å². The van der Waals surface area contributed by atoms with Gasteiger partial charge >= 0.3 is 0 Å². The number of nitro benzene ring substituents is 1. The van der Waals surface area contributed by atoms with Gasteiger partial charge in [0.1, 0.15) is 5.75 Å². The lowest BCUT2D eigenvalue weighted by atomic mass is 9.88.